The fourth-order valence-corrected chi connectivity index (χ4v) is 4.00. The van der Waals surface area contributed by atoms with E-state index in [2.05, 4.69) is 46.2 Å². The third-order valence-electron chi connectivity index (χ3n) is 5.42. The summed E-state index contributed by atoms with van der Waals surface area (Å²) in [5, 5.41) is 6.88. The number of aliphatic imine (C=N–C) groups is 1. The third kappa shape index (κ3) is 9.76. The van der Waals surface area contributed by atoms with Crippen LogP contribution in [0.25, 0.3) is 0 Å². The Labute approximate surface area is 183 Å². The van der Waals surface area contributed by atoms with E-state index >= 15 is 0 Å². The molecule has 27 heavy (non-hydrogen) atoms. The fourth-order valence-electron chi connectivity index (χ4n) is 4.00. The van der Waals surface area contributed by atoms with Gasteiger partial charge in [-0.25, -0.2) is 0 Å². The maximum Gasteiger partial charge on any atom is 0.191 e. The minimum Gasteiger partial charge on any atom is -0.374 e. The van der Waals surface area contributed by atoms with E-state index in [1.165, 1.54) is 32.4 Å². The summed E-state index contributed by atoms with van der Waals surface area (Å²) in [6, 6.07) is 0.749. The highest BCUT2D eigenvalue weighted by molar-refractivity contribution is 14.0. The van der Waals surface area contributed by atoms with Crippen molar-refractivity contribution >= 4 is 29.9 Å². The molecule has 2 aliphatic rings. The van der Waals surface area contributed by atoms with Gasteiger partial charge in [-0.15, -0.1) is 24.0 Å². The van der Waals surface area contributed by atoms with Gasteiger partial charge >= 0.3 is 0 Å². The molecule has 0 bridgehead atoms. The summed E-state index contributed by atoms with van der Waals surface area (Å²) in [7, 11) is 1.84. The van der Waals surface area contributed by atoms with Crippen LogP contribution in [0.5, 0.6) is 0 Å². The predicted octanol–water partition coefficient (Wildman–Crippen LogP) is 2.39. The number of morpholine rings is 1. The number of halogens is 1. The second kappa shape index (κ2) is 14.0. The Hall–Kier alpha value is -0.120. The summed E-state index contributed by atoms with van der Waals surface area (Å²) >= 11 is 0. The van der Waals surface area contributed by atoms with Crippen molar-refractivity contribution in [2.45, 2.75) is 58.6 Å². The van der Waals surface area contributed by atoms with Gasteiger partial charge in [0.25, 0.3) is 0 Å². The molecule has 0 spiro atoms. The zero-order valence-corrected chi connectivity index (χ0v) is 20.2. The van der Waals surface area contributed by atoms with Crippen LogP contribution in [-0.4, -0.2) is 87.4 Å². The minimum atomic E-state index is 0. The van der Waals surface area contributed by atoms with Crippen molar-refractivity contribution in [2.24, 2.45) is 10.9 Å². The SMILES string of the molecule is CN=C(NCCCN1CCCCC1C)NCC1CN(CC(C)C)CCO1.I. The first-order valence-electron chi connectivity index (χ1n) is 10.6. The van der Waals surface area contributed by atoms with Gasteiger partial charge in [0.15, 0.2) is 5.96 Å². The van der Waals surface area contributed by atoms with E-state index in [9.17, 15) is 0 Å². The first-order chi connectivity index (χ1) is 12.6. The maximum atomic E-state index is 5.91. The molecule has 2 saturated heterocycles. The van der Waals surface area contributed by atoms with Crippen molar-refractivity contribution in [3.8, 4) is 0 Å². The van der Waals surface area contributed by atoms with E-state index in [0.717, 1.165) is 57.8 Å². The first-order valence-corrected chi connectivity index (χ1v) is 10.6. The van der Waals surface area contributed by atoms with E-state index in [1.54, 1.807) is 0 Å². The molecule has 2 rings (SSSR count). The monoisotopic (exact) mass is 495 g/mol. The van der Waals surface area contributed by atoms with Crippen LogP contribution in [0, 0.1) is 5.92 Å². The van der Waals surface area contributed by atoms with Gasteiger partial charge in [-0.3, -0.25) is 9.89 Å². The lowest BCUT2D eigenvalue weighted by Gasteiger charge is -2.34. The zero-order valence-electron chi connectivity index (χ0n) is 17.9. The molecule has 6 nitrogen and oxygen atoms in total. The van der Waals surface area contributed by atoms with E-state index in [1.807, 2.05) is 7.05 Å². The van der Waals surface area contributed by atoms with Gasteiger partial charge in [0.2, 0.25) is 0 Å². The summed E-state index contributed by atoms with van der Waals surface area (Å²) < 4.78 is 5.91. The van der Waals surface area contributed by atoms with Crippen molar-refractivity contribution in [3.05, 3.63) is 0 Å². The molecule has 2 unspecified atom stereocenters. The molecular weight excluding hydrogens is 453 g/mol. The number of hydrogen-bond donors (Lipinski definition) is 2. The molecule has 7 heteroatoms. The number of ether oxygens (including phenoxy) is 1. The maximum absolute atomic E-state index is 5.91. The summed E-state index contributed by atoms with van der Waals surface area (Å²) in [5.41, 5.74) is 0. The molecule has 2 aliphatic heterocycles. The van der Waals surface area contributed by atoms with Crippen molar-refractivity contribution in [3.63, 3.8) is 0 Å². The Morgan fingerprint density at radius 1 is 1.22 bits per heavy atom. The van der Waals surface area contributed by atoms with Crippen molar-refractivity contribution in [2.75, 3.05) is 59.5 Å². The summed E-state index contributed by atoms with van der Waals surface area (Å²) in [5.74, 6) is 1.60. The number of guanidine groups is 1. The van der Waals surface area contributed by atoms with Gasteiger partial charge in [-0.05, 0) is 38.6 Å². The van der Waals surface area contributed by atoms with Gasteiger partial charge in [-0.1, -0.05) is 20.3 Å². The smallest absolute Gasteiger partial charge is 0.191 e. The molecule has 2 atom stereocenters. The lowest BCUT2D eigenvalue weighted by molar-refractivity contribution is -0.0284. The zero-order chi connectivity index (χ0) is 18.8. The number of rotatable bonds is 8. The normalized spacial score (nSPS) is 25.3. The Morgan fingerprint density at radius 3 is 2.74 bits per heavy atom. The highest BCUT2D eigenvalue weighted by Crippen LogP contribution is 2.16. The summed E-state index contributed by atoms with van der Waals surface area (Å²) in [6.07, 6.45) is 5.51. The summed E-state index contributed by atoms with van der Waals surface area (Å²) in [4.78, 5) is 9.49. The number of nitrogens with zero attached hydrogens (tertiary/aromatic N) is 3. The molecule has 2 fully saturated rings. The average Bonchev–Trinajstić information content (AvgIpc) is 2.62. The van der Waals surface area contributed by atoms with Crippen molar-refractivity contribution in [1.29, 1.82) is 0 Å². The van der Waals surface area contributed by atoms with Crippen LogP contribution in [0.1, 0.15) is 46.5 Å². The standard InChI is InChI=1S/C20H41N5O.HI/c1-17(2)15-24-12-13-26-19(16-24)14-23-20(21-4)22-9-7-11-25-10-6-5-8-18(25)3;/h17-19H,5-16H2,1-4H3,(H2,21,22,23);1H. The largest absolute Gasteiger partial charge is 0.374 e. The Morgan fingerprint density at radius 2 is 2.04 bits per heavy atom. The number of hydrogen-bond acceptors (Lipinski definition) is 4. The van der Waals surface area contributed by atoms with E-state index < -0.39 is 0 Å². The molecule has 2 N–H and O–H groups in total. The molecule has 0 aliphatic carbocycles. The fraction of sp³-hybridized carbons (Fsp3) is 0.950. The third-order valence-corrected chi connectivity index (χ3v) is 5.42. The predicted molar refractivity (Wildman–Crippen MR) is 125 cm³/mol. The first kappa shape index (κ1) is 24.9. The average molecular weight is 495 g/mol. The van der Waals surface area contributed by atoms with Crippen LogP contribution >= 0.6 is 24.0 Å². The molecule has 160 valence electrons. The van der Waals surface area contributed by atoms with Gasteiger partial charge in [0, 0.05) is 52.4 Å². The van der Waals surface area contributed by atoms with E-state index in [0.29, 0.717) is 5.92 Å². The van der Waals surface area contributed by atoms with Crippen LogP contribution in [0.4, 0.5) is 0 Å². The summed E-state index contributed by atoms with van der Waals surface area (Å²) in [6.45, 7) is 15.2. The molecule has 0 amide bonds. The molecule has 0 saturated carbocycles. The second-order valence-corrected chi connectivity index (χ2v) is 8.26. The van der Waals surface area contributed by atoms with Gasteiger partial charge in [0.1, 0.15) is 0 Å². The second-order valence-electron chi connectivity index (χ2n) is 8.26. The lowest BCUT2D eigenvalue weighted by atomic mass is 10.0. The van der Waals surface area contributed by atoms with Gasteiger partial charge < -0.3 is 20.3 Å². The Kier molecular flexibility index (Phi) is 12.9. The van der Waals surface area contributed by atoms with Gasteiger partial charge in [0.05, 0.1) is 12.7 Å². The molecule has 2 heterocycles. The number of nitrogens with one attached hydrogen (secondary N) is 2. The molecule has 0 aromatic carbocycles. The lowest BCUT2D eigenvalue weighted by Crippen LogP contribution is -2.50. The van der Waals surface area contributed by atoms with E-state index in [4.69, 9.17) is 4.74 Å². The van der Waals surface area contributed by atoms with Crippen molar-refractivity contribution < 1.29 is 4.74 Å². The van der Waals surface area contributed by atoms with Crippen LogP contribution < -0.4 is 10.6 Å². The Balaban J connectivity index is 0.00000364. The van der Waals surface area contributed by atoms with Crippen LogP contribution in [0.3, 0.4) is 0 Å². The molecule has 0 radical (unpaired) electrons. The number of likely N-dealkylation sites (tertiary alicyclic amines) is 1. The number of piperidine rings is 1. The van der Waals surface area contributed by atoms with Crippen molar-refractivity contribution in [1.82, 2.24) is 20.4 Å². The van der Waals surface area contributed by atoms with Gasteiger partial charge in [-0.2, -0.15) is 0 Å². The van der Waals surface area contributed by atoms with Crippen LogP contribution in [0.15, 0.2) is 4.99 Å². The topological polar surface area (TPSA) is 52.1 Å². The Bertz CT molecular complexity index is 421. The quantitative estimate of drug-likeness (QED) is 0.235. The highest BCUT2D eigenvalue weighted by atomic mass is 127. The molecule has 0 aromatic rings. The minimum absolute atomic E-state index is 0. The van der Waals surface area contributed by atoms with E-state index in [-0.39, 0.29) is 30.1 Å². The van der Waals surface area contributed by atoms with Crippen LogP contribution in [-0.2, 0) is 4.74 Å². The van der Waals surface area contributed by atoms with Crippen LogP contribution in [0.2, 0.25) is 0 Å². The highest BCUT2D eigenvalue weighted by Gasteiger charge is 2.21. The molecular formula is C20H42IN5O. The molecule has 0 aromatic heterocycles.